The maximum atomic E-state index is 14.6. The lowest BCUT2D eigenvalue weighted by atomic mass is 9.97. The van der Waals surface area contributed by atoms with Gasteiger partial charge < -0.3 is 113 Å². The molecule has 0 saturated carbocycles. The molecule has 0 amide bonds. The smallest absolute Gasteiger partial charge is 0.239 e. The summed E-state index contributed by atoms with van der Waals surface area (Å²) in [7, 11) is 1.24. The maximum Gasteiger partial charge on any atom is 0.239 e. The molecular formula is C40H52O24. The molecular weight excluding hydrogens is 864 g/mol. The van der Waals surface area contributed by atoms with Gasteiger partial charge in [0.15, 0.2) is 35.9 Å². The van der Waals surface area contributed by atoms with Crippen LogP contribution in [0.15, 0.2) is 39.5 Å². The van der Waals surface area contributed by atoms with E-state index in [0.717, 1.165) is 12.1 Å². The fourth-order valence-electron chi connectivity index (χ4n) is 7.71. The molecule has 5 heterocycles. The minimum atomic E-state index is -2.08. The van der Waals surface area contributed by atoms with Crippen molar-refractivity contribution in [2.24, 2.45) is 0 Å². The van der Waals surface area contributed by atoms with E-state index in [1.807, 2.05) is 0 Å². The lowest BCUT2D eigenvalue weighted by Crippen LogP contribution is -2.65. The van der Waals surface area contributed by atoms with Crippen LogP contribution in [0, 0.1) is 0 Å². The Bertz CT molecular complexity index is 2150. The van der Waals surface area contributed by atoms with E-state index in [4.69, 9.17) is 47.0 Å². The van der Waals surface area contributed by atoms with Crippen LogP contribution in [0.5, 0.6) is 28.7 Å². The third kappa shape index (κ3) is 9.08. The molecule has 4 saturated heterocycles. The molecule has 20 atom stereocenters. The van der Waals surface area contributed by atoms with Crippen LogP contribution >= 0.6 is 0 Å². The van der Waals surface area contributed by atoms with Crippen molar-refractivity contribution in [1.29, 1.82) is 0 Å². The molecule has 4 fully saturated rings. The summed E-state index contributed by atoms with van der Waals surface area (Å²) in [6.07, 6.45) is -33.1. The predicted molar refractivity (Wildman–Crippen MR) is 208 cm³/mol. The quantitative estimate of drug-likeness (QED) is 0.0871. The fraction of sp³-hybridized carbons (Fsp3) is 0.625. The van der Waals surface area contributed by atoms with Gasteiger partial charge in [-0.15, -0.1) is 0 Å². The van der Waals surface area contributed by atoms with E-state index in [1.54, 1.807) is 0 Å². The number of benzene rings is 2. The molecule has 20 unspecified atom stereocenters. The second-order valence-electron chi connectivity index (χ2n) is 16.0. The molecule has 3 aromatic rings. The first-order valence-electron chi connectivity index (χ1n) is 20.1. The van der Waals surface area contributed by atoms with Gasteiger partial charge in [0.05, 0.1) is 32.0 Å². The third-order valence-electron chi connectivity index (χ3n) is 11.6. The van der Waals surface area contributed by atoms with E-state index >= 15 is 0 Å². The highest BCUT2D eigenvalue weighted by Gasteiger charge is 2.52. The number of hydrogen-bond donors (Lipinski definition) is 13. The first-order valence-corrected chi connectivity index (χ1v) is 20.1. The molecule has 1 aromatic heterocycles. The predicted octanol–water partition coefficient (Wildman–Crippen LogP) is -4.03. The summed E-state index contributed by atoms with van der Waals surface area (Å²) >= 11 is 0. The van der Waals surface area contributed by atoms with Crippen molar-refractivity contribution in [1.82, 2.24) is 0 Å². The van der Waals surface area contributed by atoms with Gasteiger partial charge in [0.25, 0.3) is 0 Å². The number of phenols is 2. The molecule has 2 aromatic carbocycles. The van der Waals surface area contributed by atoms with E-state index in [-0.39, 0.29) is 28.4 Å². The van der Waals surface area contributed by atoms with Crippen molar-refractivity contribution in [2.75, 3.05) is 13.7 Å². The van der Waals surface area contributed by atoms with E-state index in [2.05, 4.69) is 0 Å². The zero-order valence-electron chi connectivity index (χ0n) is 34.4. The number of aromatic hydroxyl groups is 2. The summed E-state index contributed by atoms with van der Waals surface area (Å²) in [4.78, 5) is 14.6. The molecule has 0 bridgehead atoms. The summed E-state index contributed by atoms with van der Waals surface area (Å²) in [5.74, 6) is -2.71. The Balaban J connectivity index is 1.29. The fourth-order valence-corrected chi connectivity index (χ4v) is 7.71. The molecule has 0 radical (unpaired) electrons. The summed E-state index contributed by atoms with van der Waals surface area (Å²) in [5, 5.41) is 138. The second kappa shape index (κ2) is 19.1. The van der Waals surface area contributed by atoms with Gasteiger partial charge in [0, 0.05) is 17.7 Å². The summed E-state index contributed by atoms with van der Waals surface area (Å²) < 4.78 is 57.4. The topological polar surface area (TPSA) is 376 Å². The van der Waals surface area contributed by atoms with Crippen LogP contribution in [0.2, 0.25) is 0 Å². The Morgan fingerprint density at radius 2 is 1.14 bits per heavy atom. The van der Waals surface area contributed by atoms with Crippen LogP contribution < -0.4 is 19.6 Å². The molecule has 4 aliphatic heterocycles. The molecule has 64 heavy (non-hydrogen) atoms. The Kier molecular flexibility index (Phi) is 14.3. The number of aliphatic hydroxyl groups is 11. The monoisotopic (exact) mass is 916 g/mol. The number of rotatable bonds is 11. The number of methoxy groups -OCH3 is 1. The minimum absolute atomic E-state index is 0.0181. The normalized spacial score (nSPS) is 40.5. The van der Waals surface area contributed by atoms with Crippen molar-refractivity contribution < 1.29 is 113 Å². The second-order valence-corrected chi connectivity index (χ2v) is 16.0. The molecule has 24 heteroatoms. The largest absolute Gasteiger partial charge is 0.507 e. The average molecular weight is 917 g/mol. The van der Waals surface area contributed by atoms with E-state index in [9.17, 15) is 71.2 Å². The van der Waals surface area contributed by atoms with Crippen molar-refractivity contribution in [3.63, 3.8) is 0 Å². The Labute approximate surface area is 362 Å². The number of fused-ring (bicyclic) bond motifs is 1. The van der Waals surface area contributed by atoms with Gasteiger partial charge in [0.2, 0.25) is 23.8 Å². The molecule has 0 spiro atoms. The van der Waals surface area contributed by atoms with Crippen LogP contribution in [-0.2, 0) is 28.4 Å². The highest BCUT2D eigenvalue weighted by atomic mass is 16.8. The summed E-state index contributed by atoms with van der Waals surface area (Å²) in [5.41, 5.74) is -1.51. The minimum Gasteiger partial charge on any atom is -0.507 e. The van der Waals surface area contributed by atoms with E-state index in [0.29, 0.717) is 0 Å². The maximum absolute atomic E-state index is 14.6. The van der Waals surface area contributed by atoms with Crippen molar-refractivity contribution in [2.45, 2.75) is 144 Å². The van der Waals surface area contributed by atoms with Crippen LogP contribution in [0.4, 0.5) is 0 Å². The number of phenolic OH excluding ortho intramolecular Hbond substituents is 2. The standard InChI is InChI=1S/C40H52O24/c1-11-22(43)27(48)31(52)37(57-11)56-10-20-25(46)30(51)36(64-39-33(54)29(50)24(45)13(3)59-39)40(62-20)63-35-26(47)21-17(42)8-15(60-38-32(53)28(49)23(44)12(2)58-38)9-19(21)61-34(35)14-5-6-16(41)18(7-14)55-4/h5-9,11-13,20,22-25,27-33,36-46,48-54H,10H2,1-4H3. The number of aliphatic hydroxyl groups excluding tert-OH is 11. The van der Waals surface area contributed by atoms with Crippen molar-refractivity contribution in [3.8, 4) is 40.1 Å². The van der Waals surface area contributed by atoms with Gasteiger partial charge in [0.1, 0.15) is 95.7 Å². The molecule has 0 aliphatic carbocycles. The number of ether oxygens (including phenoxy) is 9. The van der Waals surface area contributed by atoms with E-state index < -0.39 is 158 Å². The lowest BCUT2D eigenvalue weighted by molar-refractivity contribution is -0.360. The zero-order valence-corrected chi connectivity index (χ0v) is 34.4. The molecule has 24 nitrogen and oxygen atoms in total. The molecule has 356 valence electrons. The molecule has 13 N–H and O–H groups in total. The lowest BCUT2D eigenvalue weighted by Gasteiger charge is -2.46. The molecule has 7 rings (SSSR count). The molecule has 4 aliphatic rings. The van der Waals surface area contributed by atoms with Gasteiger partial charge in [-0.2, -0.15) is 0 Å². The van der Waals surface area contributed by atoms with Crippen LogP contribution in [-0.4, -0.2) is 203 Å². The van der Waals surface area contributed by atoms with Gasteiger partial charge in [-0.25, -0.2) is 0 Å². The Morgan fingerprint density at radius 1 is 0.578 bits per heavy atom. The van der Waals surface area contributed by atoms with Crippen LogP contribution in [0.25, 0.3) is 22.3 Å². The summed E-state index contributed by atoms with van der Waals surface area (Å²) in [6.45, 7) is 3.43. The highest BCUT2D eigenvalue weighted by molar-refractivity contribution is 5.88. The van der Waals surface area contributed by atoms with Crippen molar-refractivity contribution >= 4 is 11.0 Å². The number of hydrogen-bond acceptors (Lipinski definition) is 24. The Hall–Kier alpha value is -4.03. The zero-order chi connectivity index (χ0) is 46.6. The van der Waals surface area contributed by atoms with Gasteiger partial charge >= 0.3 is 0 Å². The summed E-state index contributed by atoms with van der Waals surface area (Å²) in [6, 6.07) is 5.77. The van der Waals surface area contributed by atoms with E-state index in [1.165, 1.54) is 46.1 Å². The van der Waals surface area contributed by atoms with Crippen LogP contribution in [0.1, 0.15) is 20.8 Å². The van der Waals surface area contributed by atoms with Gasteiger partial charge in [-0.1, -0.05) is 0 Å². The first-order chi connectivity index (χ1) is 30.2. The van der Waals surface area contributed by atoms with Crippen molar-refractivity contribution in [3.05, 3.63) is 40.6 Å². The first kappa shape index (κ1) is 47.9. The van der Waals surface area contributed by atoms with Gasteiger partial charge in [-0.05, 0) is 39.0 Å². The SMILES string of the molecule is COc1cc(-c2oc3cc(OC4OC(C)C(O)C(O)C4O)cc(O)c3c(=O)c2OC2OC(COC3OC(C)C(O)C(O)C3O)C(O)C(O)C2OC2OC(C)C(O)C(O)C2O)ccc1O. The Morgan fingerprint density at radius 3 is 1.75 bits per heavy atom. The van der Waals surface area contributed by atoms with Gasteiger partial charge in [-0.3, -0.25) is 4.79 Å². The highest BCUT2D eigenvalue weighted by Crippen LogP contribution is 2.41. The third-order valence-corrected chi connectivity index (χ3v) is 11.6. The average Bonchev–Trinajstić information content (AvgIpc) is 3.26. The van der Waals surface area contributed by atoms with Crippen LogP contribution in [0.3, 0.4) is 0 Å².